The number of rotatable bonds is 4. The fourth-order valence-corrected chi connectivity index (χ4v) is 3.00. The molecule has 4 rings (SSSR count). The lowest BCUT2D eigenvalue weighted by molar-refractivity contribution is -0.383. The summed E-state index contributed by atoms with van der Waals surface area (Å²) in [7, 11) is 0. The van der Waals surface area contributed by atoms with Crippen LogP contribution >= 0.6 is 0 Å². The molecule has 0 amide bonds. The average molecular weight is 379 g/mol. The number of halogens is 1. The van der Waals surface area contributed by atoms with Crippen molar-refractivity contribution in [2.24, 2.45) is 0 Å². The van der Waals surface area contributed by atoms with E-state index in [1.807, 2.05) is 12.1 Å². The molecular formula is C18H14FN7O2. The van der Waals surface area contributed by atoms with Crippen LogP contribution in [0.25, 0.3) is 16.9 Å². The van der Waals surface area contributed by atoms with Crippen LogP contribution in [-0.2, 0) is 6.42 Å². The third-order valence-electron chi connectivity index (χ3n) is 4.28. The normalized spacial score (nSPS) is 11.0. The summed E-state index contributed by atoms with van der Waals surface area (Å²) in [5, 5.41) is 16.3. The Kier molecular flexibility index (Phi) is 4.07. The number of nitrogens with zero attached hydrogens (tertiary/aromatic N) is 5. The largest absolute Gasteiger partial charge is 0.378 e. The van der Waals surface area contributed by atoms with E-state index in [9.17, 15) is 14.5 Å². The molecule has 2 aromatic heterocycles. The van der Waals surface area contributed by atoms with Gasteiger partial charge in [-0.15, -0.1) is 0 Å². The van der Waals surface area contributed by atoms with Crippen molar-refractivity contribution in [2.75, 3.05) is 11.5 Å². The number of nitro groups is 1. The number of nitrogens with two attached hydrogens (primary N) is 2. The van der Waals surface area contributed by atoms with Gasteiger partial charge in [0.2, 0.25) is 11.6 Å². The molecule has 4 aromatic rings. The molecule has 0 radical (unpaired) electrons. The van der Waals surface area contributed by atoms with E-state index < -0.39 is 10.6 Å². The van der Waals surface area contributed by atoms with Crippen LogP contribution < -0.4 is 11.5 Å². The van der Waals surface area contributed by atoms with Crippen molar-refractivity contribution in [1.82, 2.24) is 19.7 Å². The van der Waals surface area contributed by atoms with Crippen molar-refractivity contribution in [1.29, 1.82) is 0 Å². The molecule has 0 bridgehead atoms. The van der Waals surface area contributed by atoms with E-state index in [0.717, 1.165) is 5.39 Å². The highest BCUT2D eigenvalue weighted by Gasteiger charge is 2.23. The molecule has 10 heteroatoms. The number of hydrogen-bond donors (Lipinski definition) is 2. The van der Waals surface area contributed by atoms with E-state index in [4.69, 9.17) is 11.5 Å². The number of benzene rings is 2. The molecule has 2 aromatic carbocycles. The van der Waals surface area contributed by atoms with Crippen LogP contribution in [0.15, 0.2) is 48.5 Å². The Balaban J connectivity index is 1.88. The number of aromatic nitrogens is 4. The van der Waals surface area contributed by atoms with Crippen LogP contribution in [0.3, 0.4) is 0 Å². The van der Waals surface area contributed by atoms with Gasteiger partial charge in [-0.25, -0.2) is 4.39 Å². The molecule has 4 N–H and O–H groups in total. The molecule has 140 valence electrons. The summed E-state index contributed by atoms with van der Waals surface area (Å²) in [6.07, 6.45) is 0.248. The van der Waals surface area contributed by atoms with Gasteiger partial charge in [-0.1, -0.05) is 36.4 Å². The van der Waals surface area contributed by atoms with Crippen LogP contribution in [0.5, 0.6) is 0 Å². The molecule has 2 heterocycles. The zero-order chi connectivity index (χ0) is 19.8. The fraction of sp³-hybridized carbons (Fsp3) is 0.0556. The van der Waals surface area contributed by atoms with Gasteiger partial charge in [-0.2, -0.15) is 19.7 Å². The monoisotopic (exact) mass is 379 g/mol. The summed E-state index contributed by atoms with van der Waals surface area (Å²) in [4.78, 5) is 18.3. The summed E-state index contributed by atoms with van der Waals surface area (Å²) in [5.41, 5.74) is 12.6. The topological polar surface area (TPSA) is 139 Å². The second-order valence-electron chi connectivity index (χ2n) is 6.04. The van der Waals surface area contributed by atoms with E-state index in [2.05, 4.69) is 15.1 Å². The Morgan fingerprint density at radius 3 is 2.36 bits per heavy atom. The van der Waals surface area contributed by atoms with Crippen LogP contribution in [-0.4, -0.2) is 24.7 Å². The third-order valence-corrected chi connectivity index (χ3v) is 4.28. The van der Waals surface area contributed by atoms with Gasteiger partial charge in [-0.3, -0.25) is 10.1 Å². The first-order valence-corrected chi connectivity index (χ1v) is 8.23. The number of fused-ring (bicyclic) bond motifs is 1. The first kappa shape index (κ1) is 17.3. The zero-order valence-corrected chi connectivity index (χ0v) is 14.4. The Hall–Kier alpha value is -4.08. The molecular weight excluding hydrogens is 365 g/mol. The lowest BCUT2D eigenvalue weighted by Crippen LogP contribution is -2.11. The quantitative estimate of drug-likeness (QED) is 0.410. The average Bonchev–Trinajstić information content (AvgIpc) is 3.01. The summed E-state index contributed by atoms with van der Waals surface area (Å²) >= 11 is 0. The first-order chi connectivity index (χ1) is 13.5. The molecule has 0 aliphatic rings. The van der Waals surface area contributed by atoms with Crippen molar-refractivity contribution >= 4 is 28.2 Å². The van der Waals surface area contributed by atoms with Crippen LogP contribution in [0.2, 0.25) is 0 Å². The van der Waals surface area contributed by atoms with Crippen LogP contribution in [0.4, 0.5) is 21.7 Å². The SMILES string of the molecule is Nc1nc(-n2nc(Cc3ccccc3F)c3ccccc32)nc(N)c1[N+](=O)[O-]. The van der Waals surface area contributed by atoms with Gasteiger partial charge in [0.25, 0.3) is 5.95 Å². The Morgan fingerprint density at radius 1 is 1.04 bits per heavy atom. The molecule has 0 atom stereocenters. The highest BCUT2D eigenvalue weighted by Crippen LogP contribution is 2.28. The van der Waals surface area contributed by atoms with Gasteiger partial charge in [0, 0.05) is 11.8 Å². The maximum atomic E-state index is 14.1. The Bertz CT molecular complexity index is 1200. The van der Waals surface area contributed by atoms with Crippen LogP contribution in [0, 0.1) is 15.9 Å². The number of para-hydroxylation sites is 1. The minimum absolute atomic E-state index is 0.00316. The maximum Gasteiger partial charge on any atom is 0.352 e. The Morgan fingerprint density at radius 2 is 1.68 bits per heavy atom. The van der Waals surface area contributed by atoms with E-state index in [1.165, 1.54) is 10.7 Å². The number of hydrogen-bond acceptors (Lipinski definition) is 7. The smallest absolute Gasteiger partial charge is 0.352 e. The summed E-state index contributed by atoms with van der Waals surface area (Å²) in [6.45, 7) is 0. The minimum atomic E-state index is -0.737. The summed E-state index contributed by atoms with van der Waals surface area (Å²) < 4.78 is 15.5. The van der Waals surface area contributed by atoms with Gasteiger partial charge < -0.3 is 11.5 Å². The molecule has 9 nitrogen and oxygen atoms in total. The second kappa shape index (κ2) is 6.58. The van der Waals surface area contributed by atoms with Crippen molar-refractivity contribution < 1.29 is 9.31 Å². The molecule has 0 unspecified atom stereocenters. The molecule has 28 heavy (non-hydrogen) atoms. The maximum absolute atomic E-state index is 14.1. The highest BCUT2D eigenvalue weighted by molar-refractivity contribution is 5.83. The predicted molar refractivity (Wildman–Crippen MR) is 101 cm³/mol. The predicted octanol–water partition coefficient (Wildman–Crippen LogP) is 2.62. The summed E-state index contributed by atoms with van der Waals surface area (Å²) in [6, 6.07) is 13.7. The second-order valence-corrected chi connectivity index (χ2v) is 6.04. The molecule has 0 saturated heterocycles. The van der Waals surface area contributed by atoms with Crippen molar-refractivity contribution in [3.8, 4) is 5.95 Å². The van der Waals surface area contributed by atoms with E-state index in [1.54, 1.807) is 30.3 Å². The standard InChI is InChI=1S/C18H14FN7O2/c19-12-7-3-1-5-10(12)9-13-11-6-2-4-8-14(11)25(24-13)18-22-16(20)15(26(27)28)17(21)23-18/h1-8H,9H2,(H4,20,21,22,23). The van der Waals surface area contributed by atoms with Crippen molar-refractivity contribution in [3.63, 3.8) is 0 Å². The molecule has 0 aliphatic heterocycles. The molecule has 0 aliphatic carbocycles. The van der Waals surface area contributed by atoms with Gasteiger partial charge in [0.15, 0.2) is 0 Å². The minimum Gasteiger partial charge on any atom is -0.378 e. The van der Waals surface area contributed by atoms with Crippen LogP contribution in [0.1, 0.15) is 11.3 Å². The molecule has 0 spiro atoms. The van der Waals surface area contributed by atoms with E-state index in [-0.39, 0.29) is 29.8 Å². The summed E-state index contributed by atoms with van der Waals surface area (Å²) in [5.74, 6) is -1.05. The lowest BCUT2D eigenvalue weighted by Gasteiger charge is -2.05. The molecule has 0 saturated carbocycles. The van der Waals surface area contributed by atoms with Crippen molar-refractivity contribution in [2.45, 2.75) is 6.42 Å². The van der Waals surface area contributed by atoms with Gasteiger partial charge >= 0.3 is 5.69 Å². The number of nitrogen functional groups attached to an aromatic ring is 2. The highest BCUT2D eigenvalue weighted by atomic mass is 19.1. The van der Waals surface area contributed by atoms with Gasteiger partial charge in [0.1, 0.15) is 5.82 Å². The van der Waals surface area contributed by atoms with E-state index in [0.29, 0.717) is 16.8 Å². The molecule has 0 fully saturated rings. The Labute approximate surface area is 157 Å². The lowest BCUT2D eigenvalue weighted by atomic mass is 10.1. The van der Waals surface area contributed by atoms with Gasteiger partial charge in [0.05, 0.1) is 16.1 Å². The number of anilines is 2. The fourth-order valence-electron chi connectivity index (χ4n) is 3.00. The van der Waals surface area contributed by atoms with E-state index >= 15 is 0 Å². The van der Waals surface area contributed by atoms with Crippen molar-refractivity contribution in [3.05, 3.63) is 75.7 Å². The van der Waals surface area contributed by atoms with Gasteiger partial charge in [-0.05, 0) is 17.7 Å². The third kappa shape index (κ3) is 2.86. The zero-order valence-electron chi connectivity index (χ0n) is 14.4. The first-order valence-electron chi connectivity index (χ1n) is 8.23.